The average Bonchev–Trinajstić information content (AvgIpc) is 3.21. The quantitative estimate of drug-likeness (QED) is 0.428. The molecule has 3 aromatic carbocycles. The Balaban J connectivity index is 1.33. The molecule has 0 spiro atoms. The zero-order chi connectivity index (χ0) is 21.5. The first-order chi connectivity index (χ1) is 15.8. The lowest BCUT2D eigenvalue weighted by molar-refractivity contribution is -0.119. The molecule has 1 amide bonds. The number of benzene rings is 3. The number of aryl methyl sites for hydroxylation is 1. The van der Waals surface area contributed by atoms with Crippen molar-refractivity contribution in [2.45, 2.75) is 12.8 Å². The Labute approximate surface area is 192 Å². The number of hydrogen-bond acceptors (Lipinski definition) is 4. The van der Waals surface area contributed by atoms with Crippen molar-refractivity contribution in [3.8, 4) is 11.1 Å². The van der Waals surface area contributed by atoms with Crippen LogP contribution in [-0.4, -0.2) is 50.2 Å². The molecular formula is C27H26N2O2S. The Morgan fingerprint density at radius 3 is 2.50 bits per heavy atom. The van der Waals surface area contributed by atoms with Crippen LogP contribution in [0.2, 0.25) is 0 Å². The monoisotopic (exact) mass is 442 g/mol. The summed E-state index contributed by atoms with van der Waals surface area (Å²) in [5, 5.41) is 2.64. The second-order valence-corrected chi connectivity index (χ2v) is 9.74. The minimum atomic E-state index is 0.239. The molecule has 4 aromatic rings. The van der Waals surface area contributed by atoms with E-state index < -0.39 is 0 Å². The van der Waals surface area contributed by atoms with E-state index in [0.29, 0.717) is 6.42 Å². The number of thiophene rings is 1. The van der Waals surface area contributed by atoms with Gasteiger partial charge in [-0.1, -0.05) is 42.5 Å². The van der Waals surface area contributed by atoms with Gasteiger partial charge < -0.3 is 9.64 Å². The summed E-state index contributed by atoms with van der Waals surface area (Å²) in [5.74, 6) is 0.239. The summed E-state index contributed by atoms with van der Waals surface area (Å²) in [4.78, 5) is 17.2. The van der Waals surface area contributed by atoms with E-state index in [0.717, 1.165) is 51.5 Å². The van der Waals surface area contributed by atoms with Crippen molar-refractivity contribution in [3.63, 3.8) is 0 Å². The van der Waals surface area contributed by atoms with Gasteiger partial charge in [-0.2, -0.15) is 0 Å². The Hall–Kier alpha value is -2.73. The zero-order valence-electron chi connectivity index (χ0n) is 18.0. The largest absolute Gasteiger partial charge is 0.379 e. The van der Waals surface area contributed by atoms with Gasteiger partial charge in [0.05, 0.1) is 13.2 Å². The number of ether oxygens (including phenoxy) is 1. The van der Waals surface area contributed by atoms with Gasteiger partial charge in [0.25, 0.3) is 0 Å². The van der Waals surface area contributed by atoms with E-state index in [4.69, 9.17) is 4.74 Å². The maximum absolute atomic E-state index is 12.8. The molecule has 3 heterocycles. The van der Waals surface area contributed by atoms with Crippen LogP contribution in [0.25, 0.3) is 31.3 Å². The average molecular weight is 443 g/mol. The van der Waals surface area contributed by atoms with Gasteiger partial charge in [-0.15, -0.1) is 11.3 Å². The van der Waals surface area contributed by atoms with Crippen molar-refractivity contribution in [2.24, 2.45) is 0 Å². The fourth-order valence-corrected chi connectivity index (χ4v) is 6.08. The SMILES string of the molecule is O=C1CCc2ccc(-c3ccc4c(c3)sc3ccccc34)cc2N1CCN1CCOCC1. The van der Waals surface area contributed by atoms with Crippen LogP contribution in [0.5, 0.6) is 0 Å². The lowest BCUT2D eigenvalue weighted by Crippen LogP contribution is -2.44. The molecule has 0 bridgehead atoms. The maximum Gasteiger partial charge on any atom is 0.227 e. The summed E-state index contributed by atoms with van der Waals surface area (Å²) in [6.45, 7) is 5.11. The summed E-state index contributed by atoms with van der Waals surface area (Å²) in [5.41, 5.74) is 4.74. The van der Waals surface area contributed by atoms with Crippen LogP contribution in [-0.2, 0) is 16.0 Å². The number of carbonyl (C=O) groups excluding carboxylic acids is 1. The fraction of sp³-hybridized carbons (Fsp3) is 0.296. The van der Waals surface area contributed by atoms with Crippen molar-refractivity contribution in [1.82, 2.24) is 4.90 Å². The molecule has 4 nitrogen and oxygen atoms in total. The molecule has 1 saturated heterocycles. The first kappa shape index (κ1) is 19.9. The zero-order valence-corrected chi connectivity index (χ0v) is 18.9. The topological polar surface area (TPSA) is 32.8 Å². The molecule has 0 atom stereocenters. The number of fused-ring (bicyclic) bond motifs is 4. The highest BCUT2D eigenvalue weighted by Gasteiger charge is 2.25. The summed E-state index contributed by atoms with van der Waals surface area (Å²) in [7, 11) is 0. The Kier molecular flexibility index (Phi) is 5.18. The van der Waals surface area contributed by atoms with Crippen LogP contribution in [0.1, 0.15) is 12.0 Å². The Morgan fingerprint density at radius 2 is 1.59 bits per heavy atom. The number of anilines is 1. The number of nitrogens with zero attached hydrogens (tertiary/aromatic N) is 2. The minimum absolute atomic E-state index is 0.239. The molecule has 0 unspecified atom stereocenters. The number of amides is 1. The summed E-state index contributed by atoms with van der Waals surface area (Å²) < 4.78 is 8.09. The van der Waals surface area contributed by atoms with Gasteiger partial charge in [0.2, 0.25) is 5.91 Å². The van der Waals surface area contributed by atoms with Gasteiger partial charge in [0.15, 0.2) is 0 Å². The molecule has 0 N–H and O–H groups in total. The van der Waals surface area contributed by atoms with E-state index in [2.05, 4.69) is 65.6 Å². The van der Waals surface area contributed by atoms with Crippen LogP contribution in [0.3, 0.4) is 0 Å². The van der Waals surface area contributed by atoms with E-state index in [1.807, 2.05) is 16.2 Å². The second kappa shape index (κ2) is 8.32. The van der Waals surface area contributed by atoms with E-state index >= 15 is 0 Å². The number of morpholine rings is 1. The molecule has 162 valence electrons. The Bertz CT molecular complexity index is 1310. The van der Waals surface area contributed by atoms with Gasteiger partial charge >= 0.3 is 0 Å². The third-order valence-electron chi connectivity index (χ3n) is 6.74. The Morgan fingerprint density at radius 1 is 0.812 bits per heavy atom. The third-order valence-corrected chi connectivity index (χ3v) is 7.87. The van der Waals surface area contributed by atoms with Gasteiger partial charge in [-0.3, -0.25) is 9.69 Å². The highest BCUT2D eigenvalue weighted by molar-refractivity contribution is 7.25. The van der Waals surface area contributed by atoms with Gasteiger partial charge in [-0.25, -0.2) is 0 Å². The second-order valence-electron chi connectivity index (χ2n) is 8.65. The number of hydrogen-bond donors (Lipinski definition) is 0. The first-order valence-electron chi connectivity index (χ1n) is 11.4. The predicted molar refractivity (Wildman–Crippen MR) is 133 cm³/mol. The molecule has 32 heavy (non-hydrogen) atoms. The minimum Gasteiger partial charge on any atom is -0.379 e. The van der Waals surface area contributed by atoms with Crippen LogP contribution >= 0.6 is 11.3 Å². The smallest absolute Gasteiger partial charge is 0.227 e. The van der Waals surface area contributed by atoms with Crippen molar-refractivity contribution < 1.29 is 9.53 Å². The highest BCUT2D eigenvalue weighted by Crippen LogP contribution is 2.38. The van der Waals surface area contributed by atoms with Crippen LogP contribution in [0, 0.1) is 0 Å². The van der Waals surface area contributed by atoms with Gasteiger partial charge in [0.1, 0.15) is 0 Å². The fourth-order valence-electron chi connectivity index (χ4n) is 4.93. The molecule has 6 rings (SSSR count). The molecule has 0 radical (unpaired) electrons. The molecule has 2 aliphatic heterocycles. The molecular weight excluding hydrogens is 416 g/mol. The van der Waals surface area contributed by atoms with Crippen molar-refractivity contribution in [1.29, 1.82) is 0 Å². The van der Waals surface area contributed by atoms with Crippen LogP contribution < -0.4 is 4.90 Å². The third kappa shape index (κ3) is 3.60. The van der Waals surface area contributed by atoms with Gasteiger partial charge in [0, 0.05) is 58.5 Å². The normalized spacial score (nSPS) is 17.2. The van der Waals surface area contributed by atoms with Crippen molar-refractivity contribution >= 4 is 43.1 Å². The van der Waals surface area contributed by atoms with Crippen LogP contribution in [0.15, 0.2) is 60.7 Å². The molecule has 1 fully saturated rings. The van der Waals surface area contributed by atoms with Gasteiger partial charge in [-0.05, 0) is 41.3 Å². The molecule has 0 saturated carbocycles. The first-order valence-corrected chi connectivity index (χ1v) is 12.2. The molecule has 5 heteroatoms. The molecule has 2 aliphatic rings. The summed E-state index contributed by atoms with van der Waals surface area (Å²) in [6, 6.07) is 22.0. The number of rotatable bonds is 4. The van der Waals surface area contributed by atoms with E-state index in [9.17, 15) is 4.79 Å². The lowest BCUT2D eigenvalue weighted by Gasteiger charge is -2.33. The maximum atomic E-state index is 12.8. The van der Waals surface area contributed by atoms with E-state index in [1.165, 1.54) is 36.9 Å². The standard InChI is InChI=1S/C27H26N2O2S/c30-27-10-8-19-5-6-20(17-24(19)29(27)12-11-28-13-15-31-16-14-28)21-7-9-23-22-3-1-2-4-25(22)32-26(23)18-21/h1-7,9,17-18H,8,10-16H2. The lowest BCUT2D eigenvalue weighted by atomic mass is 9.96. The number of carbonyl (C=O) groups is 1. The van der Waals surface area contributed by atoms with Crippen molar-refractivity contribution in [2.75, 3.05) is 44.3 Å². The molecule has 1 aromatic heterocycles. The molecule has 0 aliphatic carbocycles. The highest BCUT2D eigenvalue weighted by atomic mass is 32.1. The summed E-state index contributed by atoms with van der Waals surface area (Å²) in [6.07, 6.45) is 1.43. The van der Waals surface area contributed by atoms with Crippen molar-refractivity contribution in [3.05, 3.63) is 66.2 Å². The van der Waals surface area contributed by atoms with E-state index in [1.54, 1.807) is 0 Å². The summed E-state index contributed by atoms with van der Waals surface area (Å²) >= 11 is 1.84. The van der Waals surface area contributed by atoms with E-state index in [-0.39, 0.29) is 5.91 Å². The predicted octanol–water partition coefficient (Wildman–Crippen LogP) is 5.33. The van der Waals surface area contributed by atoms with Crippen LogP contribution in [0.4, 0.5) is 5.69 Å².